The lowest BCUT2D eigenvalue weighted by Crippen LogP contribution is -2.30. The largest absolute Gasteiger partial charge is 0.481 e. The van der Waals surface area contributed by atoms with Gasteiger partial charge in [0.05, 0.1) is 10.7 Å². The van der Waals surface area contributed by atoms with Crippen LogP contribution < -0.4 is 10.1 Å². The van der Waals surface area contributed by atoms with E-state index in [1.54, 1.807) is 53.9 Å². The molecule has 10 heteroatoms. The normalized spacial score (nSPS) is 12.1. The molecule has 0 aliphatic carbocycles. The lowest BCUT2D eigenvalue weighted by molar-refractivity contribution is -0.122. The van der Waals surface area contributed by atoms with Crippen molar-refractivity contribution in [3.05, 3.63) is 62.9 Å². The molecule has 29 heavy (non-hydrogen) atoms. The van der Waals surface area contributed by atoms with E-state index in [2.05, 4.69) is 15.4 Å². The van der Waals surface area contributed by atoms with Gasteiger partial charge in [0.25, 0.3) is 11.9 Å². The van der Waals surface area contributed by atoms with Crippen LogP contribution in [-0.2, 0) is 4.79 Å². The van der Waals surface area contributed by atoms with Gasteiger partial charge in [-0.25, -0.2) is 4.52 Å². The summed E-state index contributed by atoms with van der Waals surface area (Å²) in [4.78, 5) is 17.4. The fourth-order valence-electron chi connectivity index (χ4n) is 2.60. The van der Waals surface area contributed by atoms with Crippen LogP contribution >= 0.6 is 46.1 Å². The quantitative estimate of drug-likeness (QED) is 0.401. The van der Waals surface area contributed by atoms with Gasteiger partial charge in [-0.15, -0.1) is 16.4 Å². The molecule has 1 N–H and O–H groups in total. The number of carbonyl (C=O) groups excluding carboxylic acids is 1. The van der Waals surface area contributed by atoms with Gasteiger partial charge in [-0.2, -0.15) is 4.98 Å². The van der Waals surface area contributed by atoms with Crippen LogP contribution in [0.1, 0.15) is 6.92 Å². The van der Waals surface area contributed by atoms with E-state index in [4.69, 9.17) is 39.5 Å². The summed E-state index contributed by atoms with van der Waals surface area (Å²) < 4.78 is 7.23. The summed E-state index contributed by atoms with van der Waals surface area (Å²) in [5.74, 6) is 0.335. The minimum atomic E-state index is -0.750. The predicted molar refractivity (Wildman–Crippen MR) is 116 cm³/mol. The van der Waals surface area contributed by atoms with Crippen LogP contribution in [0.4, 0.5) is 5.95 Å². The van der Waals surface area contributed by atoms with Crippen LogP contribution in [0.5, 0.6) is 5.75 Å². The van der Waals surface area contributed by atoms with E-state index in [0.717, 1.165) is 11.3 Å². The van der Waals surface area contributed by atoms with Crippen molar-refractivity contribution in [2.24, 2.45) is 0 Å². The minimum absolute atomic E-state index is 0.174. The number of halogens is 3. The maximum atomic E-state index is 12.4. The van der Waals surface area contributed by atoms with Crippen LogP contribution in [0.25, 0.3) is 16.2 Å². The molecule has 2 aromatic carbocycles. The highest BCUT2D eigenvalue weighted by Crippen LogP contribution is 2.33. The van der Waals surface area contributed by atoms with E-state index in [-0.39, 0.29) is 11.9 Å². The number of carbonyl (C=O) groups is 1. The highest BCUT2D eigenvalue weighted by atomic mass is 35.5. The molecule has 0 saturated heterocycles. The molecule has 2 aromatic heterocycles. The van der Waals surface area contributed by atoms with E-state index in [0.29, 0.717) is 25.8 Å². The summed E-state index contributed by atoms with van der Waals surface area (Å²) in [6.45, 7) is 1.64. The van der Waals surface area contributed by atoms with Gasteiger partial charge in [0.1, 0.15) is 5.75 Å². The second-order valence-corrected chi connectivity index (χ2v) is 8.19. The first-order chi connectivity index (χ1) is 13.9. The number of anilines is 1. The second-order valence-electron chi connectivity index (χ2n) is 6.08. The van der Waals surface area contributed by atoms with Crippen LogP contribution in [0.3, 0.4) is 0 Å². The predicted octanol–water partition coefficient (Wildman–Crippen LogP) is 5.82. The minimum Gasteiger partial charge on any atom is -0.481 e. The van der Waals surface area contributed by atoms with Crippen molar-refractivity contribution in [3.63, 3.8) is 0 Å². The average Bonchev–Trinajstić information content (AvgIpc) is 3.25. The van der Waals surface area contributed by atoms with Crippen molar-refractivity contribution in [1.82, 2.24) is 14.6 Å². The number of fused-ring (bicyclic) bond motifs is 1. The fraction of sp³-hybridized carbons (Fsp3) is 0.105. The Morgan fingerprint density at radius 2 is 1.86 bits per heavy atom. The van der Waals surface area contributed by atoms with Crippen molar-refractivity contribution in [2.45, 2.75) is 13.0 Å². The van der Waals surface area contributed by atoms with Crippen molar-refractivity contribution >= 4 is 63.0 Å². The maximum absolute atomic E-state index is 12.4. The van der Waals surface area contributed by atoms with E-state index >= 15 is 0 Å². The Morgan fingerprint density at radius 3 is 2.62 bits per heavy atom. The summed E-state index contributed by atoms with van der Waals surface area (Å²) in [6.07, 6.45) is -0.750. The fourth-order valence-corrected chi connectivity index (χ4v) is 3.93. The molecule has 2 heterocycles. The van der Waals surface area contributed by atoms with Crippen LogP contribution in [0, 0.1) is 0 Å². The molecule has 1 atom stereocenters. The smallest absolute Gasteiger partial charge is 0.267 e. The number of amides is 1. The Bertz CT molecular complexity index is 1190. The third-order valence-electron chi connectivity index (χ3n) is 4.02. The molecule has 0 aliphatic heterocycles. The van der Waals surface area contributed by atoms with Crippen molar-refractivity contribution < 1.29 is 9.53 Å². The molecule has 0 radical (unpaired) electrons. The molecule has 4 aromatic rings. The molecule has 6 nitrogen and oxygen atoms in total. The number of nitrogens with zero attached hydrogens (tertiary/aromatic N) is 3. The molecule has 148 valence electrons. The van der Waals surface area contributed by atoms with Gasteiger partial charge in [-0.1, -0.05) is 34.8 Å². The summed E-state index contributed by atoms with van der Waals surface area (Å²) in [6, 6.07) is 12.0. The topological polar surface area (TPSA) is 68.5 Å². The molecule has 0 aliphatic rings. The standard InChI is InChI=1S/C19H13Cl3N4O2S/c1-10(28-13-5-2-11(20)3-6-13)17(27)23-18-24-19-26(25-18)16(9-29-19)14-8-12(21)4-7-15(14)22/h2-10H,1H3,(H,23,25,27). The zero-order valence-corrected chi connectivity index (χ0v) is 18.0. The highest BCUT2D eigenvalue weighted by molar-refractivity contribution is 7.15. The van der Waals surface area contributed by atoms with E-state index in [9.17, 15) is 4.79 Å². The van der Waals surface area contributed by atoms with Gasteiger partial charge in [0.15, 0.2) is 6.10 Å². The molecular formula is C19H13Cl3N4O2S. The molecule has 0 saturated carbocycles. The van der Waals surface area contributed by atoms with E-state index in [1.165, 1.54) is 11.3 Å². The molecule has 0 spiro atoms. The molecule has 4 rings (SSSR count). The summed E-state index contributed by atoms with van der Waals surface area (Å²) in [7, 11) is 0. The number of hydrogen-bond acceptors (Lipinski definition) is 5. The number of ether oxygens (including phenoxy) is 1. The number of hydrogen-bond donors (Lipinski definition) is 1. The molecule has 0 bridgehead atoms. The van der Waals surface area contributed by atoms with Gasteiger partial charge in [0, 0.05) is 21.0 Å². The van der Waals surface area contributed by atoms with Crippen LogP contribution in [0.15, 0.2) is 47.8 Å². The summed E-state index contributed by atoms with van der Waals surface area (Å²) in [5.41, 5.74) is 1.46. The summed E-state index contributed by atoms with van der Waals surface area (Å²) in [5, 5.41) is 10.6. The number of rotatable bonds is 5. The van der Waals surface area contributed by atoms with Gasteiger partial charge in [-0.05, 0) is 49.4 Å². The third kappa shape index (κ3) is 4.33. The zero-order valence-electron chi connectivity index (χ0n) is 14.9. The van der Waals surface area contributed by atoms with Crippen molar-refractivity contribution in [1.29, 1.82) is 0 Å². The number of aromatic nitrogens is 3. The Kier molecular flexibility index (Phi) is 5.65. The molecule has 0 fully saturated rings. The van der Waals surface area contributed by atoms with Crippen molar-refractivity contribution in [3.8, 4) is 17.0 Å². The second kappa shape index (κ2) is 8.20. The zero-order chi connectivity index (χ0) is 20.5. The lowest BCUT2D eigenvalue weighted by atomic mass is 10.2. The van der Waals surface area contributed by atoms with Crippen molar-refractivity contribution in [2.75, 3.05) is 5.32 Å². The van der Waals surface area contributed by atoms with E-state index in [1.807, 2.05) is 5.38 Å². The highest BCUT2D eigenvalue weighted by Gasteiger charge is 2.19. The molecular weight excluding hydrogens is 455 g/mol. The average molecular weight is 468 g/mol. The van der Waals surface area contributed by atoms with E-state index < -0.39 is 6.10 Å². The van der Waals surface area contributed by atoms with Gasteiger partial charge in [0.2, 0.25) is 4.96 Å². The SMILES string of the molecule is CC(Oc1ccc(Cl)cc1)C(=O)Nc1nc2scc(-c3cc(Cl)ccc3Cl)n2n1. The maximum Gasteiger partial charge on any atom is 0.267 e. The number of thiazole rings is 1. The Hall–Kier alpha value is -2.32. The first-order valence-electron chi connectivity index (χ1n) is 8.43. The Balaban J connectivity index is 1.53. The van der Waals surface area contributed by atoms with Crippen LogP contribution in [0.2, 0.25) is 15.1 Å². The third-order valence-corrected chi connectivity index (χ3v) is 5.65. The number of benzene rings is 2. The number of nitrogens with one attached hydrogen (secondary N) is 1. The Labute approximate surface area is 185 Å². The summed E-state index contributed by atoms with van der Waals surface area (Å²) >= 11 is 19.6. The van der Waals surface area contributed by atoms with Gasteiger partial charge in [-0.3, -0.25) is 10.1 Å². The Morgan fingerprint density at radius 1 is 1.14 bits per heavy atom. The first-order valence-corrected chi connectivity index (χ1v) is 10.4. The lowest BCUT2D eigenvalue weighted by Gasteiger charge is -2.13. The molecule has 1 amide bonds. The van der Waals surface area contributed by atoms with Crippen LogP contribution in [-0.4, -0.2) is 26.6 Å². The molecule has 1 unspecified atom stereocenters. The monoisotopic (exact) mass is 466 g/mol. The van der Waals surface area contributed by atoms with Gasteiger partial charge < -0.3 is 4.74 Å². The first kappa shape index (κ1) is 20.0. The van der Waals surface area contributed by atoms with Gasteiger partial charge >= 0.3 is 0 Å².